The highest BCUT2D eigenvalue weighted by Crippen LogP contribution is 2.12. The highest BCUT2D eigenvalue weighted by atomic mass is 16.4. The van der Waals surface area contributed by atoms with E-state index in [0.717, 1.165) is 0 Å². The van der Waals surface area contributed by atoms with Gasteiger partial charge in [0.1, 0.15) is 0 Å². The van der Waals surface area contributed by atoms with Crippen molar-refractivity contribution < 1.29 is 60.0 Å². The molecule has 49 heavy (non-hydrogen) atoms. The van der Waals surface area contributed by atoms with Gasteiger partial charge < -0.3 is 63.8 Å². The molecule has 4 rings (SSSR count). The van der Waals surface area contributed by atoms with Crippen molar-refractivity contribution in [2.45, 2.75) is 0 Å². The molecular formula is C33H40N4O12. The van der Waals surface area contributed by atoms with E-state index in [0.29, 0.717) is 22.7 Å². The Morgan fingerprint density at radius 1 is 0.367 bits per heavy atom. The van der Waals surface area contributed by atoms with Crippen molar-refractivity contribution in [1.29, 1.82) is 0 Å². The molecule has 0 aliphatic rings. The molecule has 16 N–H and O–H groups in total. The van der Waals surface area contributed by atoms with Crippen molar-refractivity contribution in [2.24, 2.45) is 5.41 Å². The lowest BCUT2D eigenvalue weighted by Gasteiger charge is -2.23. The molecule has 0 radical (unpaired) electrons. The topological polar surface area (TPSA) is 334 Å². The lowest BCUT2D eigenvalue weighted by Crippen LogP contribution is -2.37. The summed E-state index contributed by atoms with van der Waals surface area (Å²) in [5.74, 6) is -3.72. The van der Waals surface area contributed by atoms with Crippen LogP contribution < -0.4 is 22.9 Å². The van der Waals surface area contributed by atoms with E-state index in [2.05, 4.69) is 0 Å². The van der Waals surface area contributed by atoms with Gasteiger partial charge in [-0.3, -0.25) is 0 Å². The number of anilines is 4. The number of aliphatic hydroxyl groups is 4. The Kier molecular flexibility index (Phi) is 19.5. The standard InChI is InChI=1S/4C7H7NO2.C5H12O4/c4*8-6-3-1-5(2-4-6)7(9)10;6-1-5(2-7,3-8)4-9/h4*1-4H,8H2,(H,9,10);6-9H,1-4H2. The smallest absolute Gasteiger partial charge is 0.335 e. The molecule has 4 aromatic rings. The Morgan fingerprint density at radius 3 is 0.592 bits per heavy atom. The Morgan fingerprint density at radius 2 is 0.510 bits per heavy atom. The van der Waals surface area contributed by atoms with Crippen molar-refractivity contribution in [3.8, 4) is 0 Å². The Bertz CT molecular complexity index is 1340. The quantitative estimate of drug-likeness (QED) is 0.118. The number of benzene rings is 4. The number of rotatable bonds is 8. The van der Waals surface area contributed by atoms with E-state index in [9.17, 15) is 19.2 Å². The molecule has 0 saturated heterocycles. The third-order valence-corrected chi connectivity index (χ3v) is 5.97. The molecule has 0 fully saturated rings. The summed E-state index contributed by atoms with van der Waals surface area (Å²) in [5.41, 5.74) is 23.6. The summed E-state index contributed by atoms with van der Waals surface area (Å²) in [6, 6.07) is 24.2. The number of carbonyl (C=O) groups is 4. The first-order valence-corrected chi connectivity index (χ1v) is 13.8. The molecule has 0 spiro atoms. The van der Waals surface area contributed by atoms with E-state index < -0.39 is 55.7 Å². The van der Waals surface area contributed by atoms with Gasteiger partial charge in [-0.1, -0.05) is 0 Å². The number of aromatic carboxylic acids is 4. The molecule has 0 aromatic heterocycles. The largest absolute Gasteiger partial charge is 0.478 e. The number of nitrogens with two attached hydrogens (primary N) is 4. The highest BCUT2D eigenvalue weighted by Gasteiger charge is 2.26. The lowest BCUT2D eigenvalue weighted by molar-refractivity contribution is -0.0328. The Labute approximate surface area is 280 Å². The van der Waals surface area contributed by atoms with Crippen molar-refractivity contribution in [3.05, 3.63) is 119 Å². The Hall–Kier alpha value is -6.20. The van der Waals surface area contributed by atoms with Crippen molar-refractivity contribution in [1.82, 2.24) is 0 Å². The predicted octanol–water partition coefficient (Wildman–Crippen LogP) is 1.81. The number of nitrogen functional groups attached to an aromatic ring is 4. The second-order valence-electron chi connectivity index (χ2n) is 9.84. The van der Waals surface area contributed by atoms with Crippen molar-refractivity contribution in [2.75, 3.05) is 49.4 Å². The molecule has 0 heterocycles. The summed E-state index contributed by atoms with van der Waals surface area (Å²) < 4.78 is 0. The third kappa shape index (κ3) is 17.3. The van der Waals surface area contributed by atoms with Crippen LogP contribution in [0.1, 0.15) is 41.4 Å². The average Bonchev–Trinajstić information content (AvgIpc) is 3.08. The van der Waals surface area contributed by atoms with Crippen molar-refractivity contribution >= 4 is 46.6 Å². The summed E-state index contributed by atoms with van der Waals surface area (Å²) in [6.07, 6.45) is 0. The minimum atomic E-state index is -1.11. The molecular weight excluding hydrogens is 644 g/mol. The van der Waals surface area contributed by atoms with Gasteiger partial charge in [0, 0.05) is 22.7 Å². The fraction of sp³-hybridized carbons (Fsp3) is 0.152. The summed E-state index contributed by atoms with van der Waals surface area (Å²) in [7, 11) is 0. The van der Waals surface area contributed by atoms with Gasteiger partial charge in [0.15, 0.2) is 0 Å². The second kappa shape index (κ2) is 22.3. The van der Waals surface area contributed by atoms with Crippen LogP contribution >= 0.6 is 0 Å². The van der Waals surface area contributed by atoms with E-state index >= 15 is 0 Å². The van der Waals surface area contributed by atoms with Gasteiger partial charge in [-0.15, -0.1) is 0 Å². The molecule has 16 nitrogen and oxygen atoms in total. The number of hydrogen-bond acceptors (Lipinski definition) is 12. The van der Waals surface area contributed by atoms with Crippen LogP contribution in [0.5, 0.6) is 0 Å². The fourth-order valence-electron chi connectivity index (χ4n) is 2.80. The van der Waals surface area contributed by atoms with Crippen LogP contribution in [0.4, 0.5) is 22.7 Å². The maximum atomic E-state index is 10.3. The SMILES string of the molecule is Nc1ccc(C(=O)O)cc1.Nc1ccc(C(=O)O)cc1.Nc1ccc(C(=O)O)cc1.Nc1ccc(C(=O)O)cc1.OCC(CO)(CO)CO. The van der Waals surface area contributed by atoms with E-state index in [-0.39, 0.29) is 22.3 Å². The minimum absolute atomic E-state index is 0.259. The van der Waals surface area contributed by atoms with Gasteiger partial charge in [-0.05, 0) is 97.1 Å². The van der Waals surface area contributed by atoms with Crippen LogP contribution in [-0.4, -0.2) is 91.2 Å². The van der Waals surface area contributed by atoms with Crippen LogP contribution in [0.25, 0.3) is 0 Å². The number of aliphatic hydroxyl groups excluding tert-OH is 4. The Balaban J connectivity index is 0.000000588. The van der Waals surface area contributed by atoms with Crippen LogP contribution in [0.2, 0.25) is 0 Å². The summed E-state index contributed by atoms with van der Waals surface area (Å²) in [6.45, 7) is -1.62. The fourth-order valence-corrected chi connectivity index (χ4v) is 2.80. The van der Waals surface area contributed by atoms with Crippen molar-refractivity contribution in [3.63, 3.8) is 0 Å². The monoisotopic (exact) mass is 684 g/mol. The molecule has 0 amide bonds. The molecule has 0 saturated carbocycles. The van der Waals surface area contributed by atoms with E-state index in [4.69, 9.17) is 63.8 Å². The van der Waals surface area contributed by atoms with Gasteiger partial charge in [0.2, 0.25) is 0 Å². The zero-order valence-corrected chi connectivity index (χ0v) is 26.1. The van der Waals surface area contributed by atoms with Gasteiger partial charge in [-0.25, -0.2) is 19.2 Å². The van der Waals surface area contributed by atoms with Crippen LogP contribution in [0.15, 0.2) is 97.1 Å². The number of hydrogen-bond donors (Lipinski definition) is 12. The zero-order valence-electron chi connectivity index (χ0n) is 26.1. The number of carboxylic acids is 4. The maximum absolute atomic E-state index is 10.3. The first-order chi connectivity index (χ1) is 23.0. The maximum Gasteiger partial charge on any atom is 0.335 e. The molecule has 4 aromatic carbocycles. The molecule has 0 bridgehead atoms. The van der Waals surface area contributed by atoms with Crippen LogP contribution in [0.3, 0.4) is 0 Å². The zero-order chi connectivity index (χ0) is 37.6. The lowest BCUT2D eigenvalue weighted by atomic mass is 9.93. The highest BCUT2D eigenvalue weighted by molar-refractivity contribution is 5.89. The van der Waals surface area contributed by atoms with Crippen LogP contribution in [-0.2, 0) is 0 Å². The van der Waals surface area contributed by atoms with Gasteiger partial charge >= 0.3 is 23.9 Å². The molecule has 0 aliphatic carbocycles. The van der Waals surface area contributed by atoms with E-state index in [1.807, 2.05) is 0 Å². The summed E-state index contributed by atoms with van der Waals surface area (Å²) in [5, 5.41) is 67.7. The second-order valence-corrected chi connectivity index (χ2v) is 9.84. The number of carboxylic acid groups (broad SMARTS) is 4. The van der Waals surface area contributed by atoms with Gasteiger partial charge in [0.25, 0.3) is 0 Å². The molecule has 264 valence electrons. The van der Waals surface area contributed by atoms with E-state index in [1.54, 1.807) is 48.5 Å². The third-order valence-electron chi connectivity index (χ3n) is 5.97. The summed E-state index contributed by atoms with van der Waals surface area (Å²) >= 11 is 0. The van der Waals surface area contributed by atoms with Gasteiger partial charge in [0.05, 0.1) is 54.1 Å². The summed E-state index contributed by atoms with van der Waals surface area (Å²) in [4.78, 5) is 41.1. The molecule has 0 aliphatic heterocycles. The molecule has 0 atom stereocenters. The van der Waals surface area contributed by atoms with Gasteiger partial charge in [-0.2, -0.15) is 0 Å². The first-order valence-electron chi connectivity index (χ1n) is 13.8. The predicted molar refractivity (Wildman–Crippen MR) is 182 cm³/mol. The van der Waals surface area contributed by atoms with Crippen LogP contribution in [0, 0.1) is 5.41 Å². The minimum Gasteiger partial charge on any atom is -0.478 e. The van der Waals surface area contributed by atoms with E-state index in [1.165, 1.54) is 48.5 Å². The molecule has 0 unspecified atom stereocenters. The average molecular weight is 685 g/mol. The first kappa shape index (κ1) is 42.8. The molecule has 16 heteroatoms. The normalized spacial score (nSPS) is 9.71.